The van der Waals surface area contributed by atoms with Gasteiger partial charge >= 0.3 is 8.80 Å². The fraction of sp³-hybridized carbons (Fsp3) is 0.643. The molecule has 0 aliphatic carbocycles. The number of nitrogens with zero attached hydrogens (tertiary/aromatic N) is 2. The van der Waals surface area contributed by atoms with E-state index in [-0.39, 0.29) is 0 Å². The van der Waals surface area contributed by atoms with Crippen molar-refractivity contribution in [1.82, 2.24) is 4.57 Å². The lowest BCUT2D eigenvalue weighted by molar-refractivity contribution is -0.696. The van der Waals surface area contributed by atoms with E-state index in [0.29, 0.717) is 19.8 Å². The lowest BCUT2D eigenvalue weighted by atomic mass is 10.5. The molecule has 0 aliphatic rings. The van der Waals surface area contributed by atoms with E-state index >= 15 is 0 Å². The quantitative estimate of drug-likeness (QED) is 0.465. The van der Waals surface area contributed by atoms with Crippen LogP contribution in [0.5, 0.6) is 0 Å². The molecule has 20 heavy (non-hydrogen) atoms. The molecule has 1 aromatic rings. The first-order chi connectivity index (χ1) is 9.69. The minimum atomic E-state index is -2.49. The Bertz CT molecular complexity index is 379. The molecule has 0 fully saturated rings. The third-order valence-corrected chi connectivity index (χ3v) is 6.07. The summed E-state index contributed by atoms with van der Waals surface area (Å²) in [5.41, 5.74) is 0. The van der Waals surface area contributed by atoms with Gasteiger partial charge in [-0.25, -0.2) is 9.13 Å². The zero-order valence-corrected chi connectivity index (χ0v) is 13.9. The van der Waals surface area contributed by atoms with Crippen molar-refractivity contribution in [1.29, 1.82) is 0 Å². The Kier molecular flexibility index (Phi) is 7.75. The minimum Gasteiger partial charge on any atom is -0.374 e. The molecule has 1 rings (SSSR count). The van der Waals surface area contributed by atoms with Crippen LogP contribution in [0.2, 0.25) is 6.04 Å². The van der Waals surface area contributed by atoms with Crippen molar-refractivity contribution < 1.29 is 17.8 Å². The molecule has 0 unspecified atom stereocenters. The van der Waals surface area contributed by atoms with Gasteiger partial charge in [-0.15, -0.1) is 0 Å². The van der Waals surface area contributed by atoms with Gasteiger partial charge in [0.15, 0.2) is 0 Å². The van der Waals surface area contributed by atoms with Gasteiger partial charge in [0.1, 0.15) is 12.4 Å². The summed E-state index contributed by atoms with van der Waals surface area (Å²) in [6.07, 6.45) is 8.77. The summed E-state index contributed by atoms with van der Waals surface area (Å²) in [6.45, 7) is 12.5. The third-order valence-electron chi connectivity index (χ3n) is 2.91. The minimum absolute atomic E-state index is 0.631. The Morgan fingerprint density at radius 3 is 2.20 bits per heavy atom. The van der Waals surface area contributed by atoms with Crippen LogP contribution in [0.25, 0.3) is 6.20 Å². The Morgan fingerprint density at radius 2 is 1.75 bits per heavy atom. The van der Waals surface area contributed by atoms with Crippen molar-refractivity contribution in [2.45, 2.75) is 39.8 Å². The second-order valence-electron chi connectivity index (χ2n) is 4.37. The number of hydrogen-bond donors (Lipinski definition) is 0. The number of aryl methyl sites for hydroxylation is 1. The molecule has 0 radical (unpaired) electrons. The zero-order chi connectivity index (χ0) is 14.8. The lowest BCUT2D eigenvalue weighted by Crippen LogP contribution is -2.46. The van der Waals surface area contributed by atoms with E-state index in [9.17, 15) is 0 Å². The van der Waals surface area contributed by atoms with Gasteiger partial charge < -0.3 is 13.3 Å². The van der Waals surface area contributed by atoms with Gasteiger partial charge in [-0.1, -0.05) is 6.58 Å². The van der Waals surface area contributed by atoms with E-state index in [1.807, 2.05) is 44.1 Å². The average molecular weight is 299 g/mol. The predicted molar refractivity (Wildman–Crippen MR) is 81.1 cm³/mol. The molecular formula is C14H27N2O3Si+. The highest BCUT2D eigenvalue weighted by Crippen LogP contribution is 2.18. The molecule has 114 valence electrons. The third kappa shape index (κ3) is 5.20. The van der Waals surface area contributed by atoms with Crippen molar-refractivity contribution >= 4 is 15.0 Å². The first kappa shape index (κ1) is 17.1. The van der Waals surface area contributed by atoms with Gasteiger partial charge in [-0.3, -0.25) is 0 Å². The maximum atomic E-state index is 5.84. The summed E-state index contributed by atoms with van der Waals surface area (Å²) in [6, 6.07) is 0.842. The van der Waals surface area contributed by atoms with Crippen molar-refractivity contribution in [3.05, 3.63) is 25.3 Å². The molecule has 0 atom stereocenters. The molecule has 0 amide bonds. The van der Waals surface area contributed by atoms with Crippen LogP contribution >= 0.6 is 0 Å². The maximum Gasteiger partial charge on any atom is 0.501 e. The summed E-state index contributed by atoms with van der Waals surface area (Å²) in [5, 5.41) is 0. The molecule has 0 saturated heterocycles. The second-order valence-corrected chi connectivity index (χ2v) is 7.10. The summed E-state index contributed by atoms with van der Waals surface area (Å²) in [4.78, 5) is 0. The Hall–Kier alpha value is -0.953. The van der Waals surface area contributed by atoms with Crippen LogP contribution in [0.15, 0.2) is 25.3 Å². The van der Waals surface area contributed by atoms with E-state index < -0.39 is 8.80 Å². The van der Waals surface area contributed by atoms with Crippen LogP contribution in [0.4, 0.5) is 0 Å². The average Bonchev–Trinajstić information content (AvgIpc) is 2.88. The highest BCUT2D eigenvalue weighted by Gasteiger charge is 2.39. The molecule has 1 aromatic heterocycles. The SMILES string of the molecule is C=Cn1cc[n+](CCC[Si](OCC)(OCC)OCC)c1. The molecule has 0 spiro atoms. The number of rotatable bonds is 11. The predicted octanol–water partition coefficient (Wildman–Crippen LogP) is 2.31. The fourth-order valence-electron chi connectivity index (χ4n) is 2.13. The Balaban J connectivity index is 2.53. The van der Waals surface area contributed by atoms with E-state index in [1.54, 1.807) is 6.20 Å². The molecule has 0 saturated carbocycles. The van der Waals surface area contributed by atoms with Crippen molar-refractivity contribution in [2.75, 3.05) is 19.8 Å². The number of hydrogen-bond acceptors (Lipinski definition) is 3. The van der Waals surface area contributed by atoms with Crippen LogP contribution in [0.1, 0.15) is 27.2 Å². The van der Waals surface area contributed by atoms with Gasteiger partial charge in [0, 0.05) is 25.9 Å². The number of aromatic nitrogens is 2. The van der Waals surface area contributed by atoms with Crippen LogP contribution in [0.3, 0.4) is 0 Å². The molecule has 0 aromatic carbocycles. The molecule has 0 aliphatic heterocycles. The highest BCUT2D eigenvalue weighted by atomic mass is 28.4. The highest BCUT2D eigenvalue weighted by molar-refractivity contribution is 6.60. The number of imidazole rings is 1. The summed E-state index contributed by atoms with van der Waals surface area (Å²) < 4.78 is 21.6. The van der Waals surface area contributed by atoms with Gasteiger partial charge in [-0.2, -0.15) is 0 Å². The topological polar surface area (TPSA) is 36.5 Å². The lowest BCUT2D eigenvalue weighted by Gasteiger charge is -2.28. The summed E-state index contributed by atoms with van der Waals surface area (Å²) in [7, 11) is -2.49. The van der Waals surface area contributed by atoms with Gasteiger partial charge in [0.05, 0.1) is 12.7 Å². The van der Waals surface area contributed by atoms with Gasteiger partial charge in [0.25, 0.3) is 0 Å². The van der Waals surface area contributed by atoms with Crippen LogP contribution < -0.4 is 4.57 Å². The van der Waals surface area contributed by atoms with Gasteiger partial charge in [0.2, 0.25) is 6.33 Å². The summed E-state index contributed by atoms with van der Waals surface area (Å²) >= 11 is 0. The molecule has 6 heteroatoms. The first-order valence-electron chi connectivity index (χ1n) is 7.30. The van der Waals surface area contributed by atoms with E-state index in [0.717, 1.165) is 19.0 Å². The van der Waals surface area contributed by atoms with Crippen LogP contribution in [-0.2, 0) is 19.8 Å². The Labute approximate surface area is 123 Å². The van der Waals surface area contributed by atoms with Crippen molar-refractivity contribution in [2.24, 2.45) is 0 Å². The molecule has 0 bridgehead atoms. The van der Waals surface area contributed by atoms with Crippen molar-refractivity contribution in [3.63, 3.8) is 0 Å². The second kappa shape index (κ2) is 9.07. The normalized spacial score (nSPS) is 11.8. The first-order valence-corrected chi connectivity index (χ1v) is 9.23. The zero-order valence-electron chi connectivity index (χ0n) is 12.9. The van der Waals surface area contributed by atoms with Crippen LogP contribution in [0, 0.1) is 0 Å². The summed E-state index contributed by atoms with van der Waals surface area (Å²) in [5.74, 6) is 0. The monoisotopic (exact) mass is 299 g/mol. The molecule has 0 N–H and O–H groups in total. The standard InChI is InChI=1S/C14H27N2O3Si/c1-5-15-11-12-16(14-15)10-9-13-20(17-6-2,18-7-3)19-8-4/h5,11-12,14H,1,6-10,13H2,2-4H3/q+1. The van der Waals surface area contributed by atoms with E-state index in [1.165, 1.54) is 0 Å². The smallest absolute Gasteiger partial charge is 0.374 e. The van der Waals surface area contributed by atoms with Crippen LogP contribution in [-0.4, -0.2) is 33.2 Å². The molecule has 1 heterocycles. The maximum absolute atomic E-state index is 5.84. The van der Waals surface area contributed by atoms with Crippen molar-refractivity contribution in [3.8, 4) is 0 Å². The molecular weight excluding hydrogens is 272 g/mol. The van der Waals surface area contributed by atoms with Gasteiger partial charge in [-0.05, 0) is 27.2 Å². The fourth-order valence-corrected chi connectivity index (χ4v) is 4.72. The Morgan fingerprint density at radius 1 is 1.15 bits per heavy atom. The largest absolute Gasteiger partial charge is 0.501 e. The van der Waals surface area contributed by atoms with E-state index in [4.69, 9.17) is 13.3 Å². The van der Waals surface area contributed by atoms with E-state index in [2.05, 4.69) is 11.1 Å². The molecule has 5 nitrogen and oxygen atoms in total.